The number of carbonyl (C=O) groups is 1. The fourth-order valence-corrected chi connectivity index (χ4v) is 4.35. The zero-order valence-electron chi connectivity index (χ0n) is 17.5. The van der Waals surface area contributed by atoms with Crippen molar-refractivity contribution in [1.82, 2.24) is 9.88 Å². The van der Waals surface area contributed by atoms with Crippen molar-refractivity contribution in [3.05, 3.63) is 58.8 Å². The Morgan fingerprint density at radius 3 is 2.79 bits per heavy atom. The minimum atomic E-state index is -0.00409. The minimum Gasteiger partial charge on any atom is -0.493 e. The smallest absolute Gasteiger partial charge is 0.253 e. The highest BCUT2D eigenvalue weighted by Crippen LogP contribution is 2.33. The molecule has 0 saturated carbocycles. The first-order valence-electron chi connectivity index (χ1n) is 10.1. The molecule has 0 unspecified atom stereocenters. The summed E-state index contributed by atoms with van der Waals surface area (Å²) in [6.45, 7) is 2.74. The molecular weight excluding hydrogens is 364 g/mol. The van der Waals surface area contributed by atoms with Gasteiger partial charge in [-0.1, -0.05) is 19.1 Å². The van der Waals surface area contributed by atoms with E-state index in [0.29, 0.717) is 29.5 Å². The number of hydrogen-bond acceptors (Lipinski definition) is 3. The van der Waals surface area contributed by atoms with Gasteiger partial charge in [0.1, 0.15) is 0 Å². The van der Waals surface area contributed by atoms with Crippen LogP contribution in [-0.4, -0.2) is 37.1 Å². The fourth-order valence-electron chi connectivity index (χ4n) is 4.35. The van der Waals surface area contributed by atoms with Crippen molar-refractivity contribution in [1.29, 1.82) is 0 Å². The van der Waals surface area contributed by atoms with E-state index in [1.807, 2.05) is 43.4 Å². The summed E-state index contributed by atoms with van der Waals surface area (Å²) in [6, 6.07) is 11.7. The molecule has 1 aliphatic carbocycles. The average Bonchev–Trinajstić information content (AvgIpc) is 3.09. The summed E-state index contributed by atoms with van der Waals surface area (Å²) in [4.78, 5) is 18.4. The number of methoxy groups -OCH3 is 2. The van der Waals surface area contributed by atoms with Gasteiger partial charge in [0.05, 0.1) is 14.2 Å². The lowest BCUT2D eigenvalue weighted by Crippen LogP contribution is -2.26. The first-order chi connectivity index (χ1) is 14.0. The van der Waals surface area contributed by atoms with Gasteiger partial charge in [-0.05, 0) is 55.0 Å². The molecule has 2 aromatic carbocycles. The van der Waals surface area contributed by atoms with Crippen molar-refractivity contribution >= 4 is 16.8 Å². The quantitative estimate of drug-likeness (QED) is 0.691. The third-order valence-corrected chi connectivity index (χ3v) is 5.92. The van der Waals surface area contributed by atoms with Gasteiger partial charge >= 0.3 is 0 Å². The van der Waals surface area contributed by atoms with Crippen molar-refractivity contribution < 1.29 is 14.3 Å². The largest absolute Gasteiger partial charge is 0.493 e. The number of aromatic amines is 1. The second kappa shape index (κ2) is 7.82. The van der Waals surface area contributed by atoms with E-state index in [-0.39, 0.29) is 5.91 Å². The number of nitrogens with one attached hydrogen (secondary N) is 1. The minimum absolute atomic E-state index is 0.00409. The van der Waals surface area contributed by atoms with E-state index >= 15 is 0 Å². The third kappa shape index (κ3) is 3.57. The Bertz CT molecular complexity index is 1050. The van der Waals surface area contributed by atoms with Crippen LogP contribution < -0.4 is 9.47 Å². The fraction of sp³-hybridized carbons (Fsp3) is 0.375. The summed E-state index contributed by atoms with van der Waals surface area (Å²) in [5.41, 5.74) is 5.46. The van der Waals surface area contributed by atoms with Crippen LogP contribution >= 0.6 is 0 Å². The Kier molecular flexibility index (Phi) is 5.22. The molecule has 0 radical (unpaired) electrons. The molecule has 0 spiro atoms. The molecule has 5 heteroatoms. The molecule has 0 aliphatic heterocycles. The number of amides is 1. The average molecular weight is 392 g/mol. The van der Waals surface area contributed by atoms with Crippen molar-refractivity contribution in [2.45, 2.75) is 32.7 Å². The summed E-state index contributed by atoms with van der Waals surface area (Å²) in [5.74, 6) is 2.01. The van der Waals surface area contributed by atoms with Crippen LogP contribution in [0.4, 0.5) is 0 Å². The number of aryl methyl sites for hydroxylation is 1. The molecule has 1 atom stereocenters. The van der Waals surface area contributed by atoms with Crippen LogP contribution in [0.25, 0.3) is 10.9 Å². The van der Waals surface area contributed by atoms with Crippen molar-refractivity contribution in [3.8, 4) is 11.5 Å². The number of hydrogen-bond donors (Lipinski definition) is 1. The molecule has 1 N–H and O–H groups in total. The number of para-hydroxylation sites is 1. The molecule has 3 aromatic rings. The number of aromatic nitrogens is 1. The first kappa shape index (κ1) is 19.4. The number of benzene rings is 2. The Morgan fingerprint density at radius 2 is 2.03 bits per heavy atom. The van der Waals surface area contributed by atoms with Gasteiger partial charge in [0.15, 0.2) is 11.5 Å². The topological polar surface area (TPSA) is 54.6 Å². The SMILES string of the molecule is COc1cccc(CN(C)C(=O)c2ccc3[nH]c4c(c3c2)C[C@H](C)CC4)c1OC. The Morgan fingerprint density at radius 1 is 1.21 bits per heavy atom. The number of carbonyl (C=O) groups excluding carboxylic acids is 1. The number of nitrogens with zero attached hydrogens (tertiary/aromatic N) is 1. The van der Waals surface area contributed by atoms with E-state index in [0.717, 1.165) is 23.9 Å². The molecule has 5 nitrogen and oxygen atoms in total. The number of ether oxygens (including phenoxy) is 2. The first-order valence-corrected chi connectivity index (χ1v) is 10.1. The van der Waals surface area contributed by atoms with E-state index in [1.54, 1.807) is 19.1 Å². The van der Waals surface area contributed by atoms with E-state index < -0.39 is 0 Å². The maximum absolute atomic E-state index is 13.1. The van der Waals surface area contributed by atoms with Crippen LogP contribution in [0.5, 0.6) is 11.5 Å². The van der Waals surface area contributed by atoms with Gasteiger partial charge < -0.3 is 19.4 Å². The molecule has 152 valence electrons. The van der Waals surface area contributed by atoms with Crippen LogP contribution in [-0.2, 0) is 19.4 Å². The van der Waals surface area contributed by atoms with E-state index in [2.05, 4.69) is 11.9 Å². The summed E-state index contributed by atoms with van der Waals surface area (Å²) in [7, 11) is 5.05. The normalized spacial score (nSPS) is 15.8. The zero-order valence-corrected chi connectivity index (χ0v) is 17.5. The molecule has 1 aromatic heterocycles. The molecule has 0 fully saturated rings. The summed E-state index contributed by atoms with van der Waals surface area (Å²) in [5, 5.41) is 1.18. The Labute approximate surface area is 171 Å². The van der Waals surface area contributed by atoms with Gasteiger partial charge in [-0.3, -0.25) is 4.79 Å². The molecule has 1 amide bonds. The lowest BCUT2D eigenvalue weighted by molar-refractivity contribution is 0.0784. The van der Waals surface area contributed by atoms with Gasteiger partial charge in [-0.15, -0.1) is 0 Å². The van der Waals surface area contributed by atoms with Gasteiger partial charge in [0, 0.05) is 41.3 Å². The maximum atomic E-state index is 13.1. The van der Waals surface area contributed by atoms with E-state index in [1.165, 1.54) is 23.1 Å². The summed E-state index contributed by atoms with van der Waals surface area (Å²) < 4.78 is 10.9. The molecule has 1 heterocycles. The standard InChI is InChI=1S/C24H28N2O3/c1-15-8-10-20-18(12-15)19-13-16(9-11-21(19)25-20)24(27)26(2)14-17-6-5-7-22(28-3)23(17)29-4/h5-7,9,11,13,15,25H,8,10,12,14H2,1-4H3/t15-/m1/s1. The van der Waals surface area contributed by atoms with Crippen LogP contribution in [0.3, 0.4) is 0 Å². The van der Waals surface area contributed by atoms with Gasteiger partial charge in [-0.2, -0.15) is 0 Å². The molecular formula is C24H28N2O3. The predicted octanol–water partition coefficient (Wildman–Crippen LogP) is 4.58. The highest BCUT2D eigenvalue weighted by atomic mass is 16.5. The summed E-state index contributed by atoms with van der Waals surface area (Å²) >= 11 is 0. The molecule has 4 rings (SSSR count). The third-order valence-electron chi connectivity index (χ3n) is 5.92. The lowest BCUT2D eigenvalue weighted by atomic mass is 9.87. The van der Waals surface area contributed by atoms with Gasteiger partial charge in [-0.25, -0.2) is 0 Å². The second-order valence-corrected chi connectivity index (χ2v) is 8.00. The number of rotatable bonds is 5. The monoisotopic (exact) mass is 392 g/mol. The van der Waals surface area contributed by atoms with Crippen molar-refractivity contribution in [2.24, 2.45) is 5.92 Å². The van der Waals surface area contributed by atoms with E-state index in [4.69, 9.17) is 9.47 Å². The van der Waals surface area contributed by atoms with Crippen LogP contribution in [0.15, 0.2) is 36.4 Å². The van der Waals surface area contributed by atoms with Gasteiger partial charge in [0.25, 0.3) is 5.91 Å². The number of fused-ring (bicyclic) bond motifs is 3. The summed E-state index contributed by atoms with van der Waals surface area (Å²) in [6.07, 6.45) is 3.38. The highest BCUT2D eigenvalue weighted by molar-refractivity contribution is 5.99. The van der Waals surface area contributed by atoms with Crippen LogP contribution in [0.2, 0.25) is 0 Å². The molecule has 1 aliphatic rings. The van der Waals surface area contributed by atoms with Crippen LogP contribution in [0.1, 0.15) is 40.5 Å². The van der Waals surface area contributed by atoms with Crippen molar-refractivity contribution in [2.75, 3.05) is 21.3 Å². The lowest BCUT2D eigenvalue weighted by Gasteiger charge is -2.20. The van der Waals surface area contributed by atoms with E-state index in [9.17, 15) is 4.79 Å². The van der Waals surface area contributed by atoms with Gasteiger partial charge in [0.2, 0.25) is 0 Å². The predicted molar refractivity (Wildman–Crippen MR) is 115 cm³/mol. The zero-order chi connectivity index (χ0) is 20.5. The maximum Gasteiger partial charge on any atom is 0.253 e. The molecule has 29 heavy (non-hydrogen) atoms. The van der Waals surface area contributed by atoms with Crippen molar-refractivity contribution in [3.63, 3.8) is 0 Å². The molecule has 0 saturated heterocycles. The Balaban J connectivity index is 1.61. The highest BCUT2D eigenvalue weighted by Gasteiger charge is 2.22. The molecule has 0 bridgehead atoms. The Hall–Kier alpha value is -2.95. The second-order valence-electron chi connectivity index (χ2n) is 8.00. The van der Waals surface area contributed by atoms with Crippen LogP contribution in [0, 0.1) is 5.92 Å². The number of H-pyrrole nitrogens is 1.